The Morgan fingerprint density at radius 2 is 1.58 bits per heavy atom. The Morgan fingerprint density at radius 3 is 2.22 bits per heavy atom. The predicted molar refractivity (Wildman–Crippen MR) is 145 cm³/mol. The fourth-order valence-electron chi connectivity index (χ4n) is 3.89. The van der Waals surface area contributed by atoms with Crippen LogP contribution in [0.2, 0.25) is 5.02 Å². The molecule has 1 N–H and O–H groups in total. The summed E-state index contributed by atoms with van der Waals surface area (Å²) < 4.78 is 26.9. The quantitative estimate of drug-likeness (QED) is 0.462. The zero-order chi connectivity index (χ0) is 26.7. The highest BCUT2D eigenvalue weighted by Crippen LogP contribution is 2.29. The van der Waals surface area contributed by atoms with Crippen LogP contribution < -0.4 is 9.62 Å². The highest BCUT2D eigenvalue weighted by atomic mass is 35.5. The lowest BCUT2D eigenvalue weighted by atomic mass is 10.1. The third-order valence-corrected chi connectivity index (χ3v) is 7.17. The summed E-state index contributed by atoms with van der Waals surface area (Å²) in [5.41, 5.74) is 0.541. The molecule has 0 fully saturated rings. The van der Waals surface area contributed by atoms with Gasteiger partial charge < -0.3 is 10.2 Å². The summed E-state index contributed by atoms with van der Waals surface area (Å²) >= 11 is 6.36. The SMILES string of the molecule is CC(C(=O)NC(C)(C)C)N(Cc1ccccc1Cl)C(=O)CN(c1cccc2ccccc12)S(C)(=O)=O. The average molecular weight is 530 g/mol. The van der Waals surface area contributed by atoms with E-state index in [1.807, 2.05) is 51.1 Å². The highest BCUT2D eigenvalue weighted by Gasteiger charge is 2.32. The van der Waals surface area contributed by atoms with E-state index in [4.69, 9.17) is 11.6 Å². The van der Waals surface area contributed by atoms with E-state index in [2.05, 4.69) is 5.32 Å². The maximum absolute atomic E-state index is 13.7. The van der Waals surface area contributed by atoms with Crippen molar-refractivity contribution in [3.63, 3.8) is 0 Å². The van der Waals surface area contributed by atoms with E-state index in [1.54, 1.807) is 43.3 Å². The van der Waals surface area contributed by atoms with Crippen molar-refractivity contribution in [3.05, 3.63) is 77.3 Å². The number of hydrogen-bond donors (Lipinski definition) is 1. The second-order valence-electron chi connectivity index (χ2n) is 9.80. The zero-order valence-corrected chi connectivity index (χ0v) is 22.7. The molecule has 1 atom stereocenters. The third kappa shape index (κ3) is 6.77. The van der Waals surface area contributed by atoms with Gasteiger partial charge in [-0.2, -0.15) is 0 Å². The van der Waals surface area contributed by atoms with Crippen LogP contribution in [0.25, 0.3) is 10.8 Å². The van der Waals surface area contributed by atoms with Gasteiger partial charge in [0.15, 0.2) is 0 Å². The minimum Gasteiger partial charge on any atom is -0.350 e. The molecule has 0 aromatic heterocycles. The van der Waals surface area contributed by atoms with Gasteiger partial charge in [0, 0.05) is 22.5 Å². The third-order valence-electron chi connectivity index (χ3n) is 5.68. The molecular formula is C27H32ClN3O4S. The molecule has 0 bridgehead atoms. The van der Waals surface area contributed by atoms with Gasteiger partial charge in [-0.15, -0.1) is 0 Å². The number of anilines is 1. The van der Waals surface area contributed by atoms with Crippen molar-refractivity contribution in [2.45, 2.75) is 45.8 Å². The van der Waals surface area contributed by atoms with Crippen molar-refractivity contribution in [1.82, 2.24) is 10.2 Å². The van der Waals surface area contributed by atoms with Crippen molar-refractivity contribution < 1.29 is 18.0 Å². The van der Waals surface area contributed by atoms with E-state index in [-0.39, 0.29) is 12.5 Å². The molecule has 192 valence electrons. The van der Waals surface area contributed by atoms with Crippen LogP contribution in [0.4, 0.5) is 5.69 Å². The van der Waals surface area contributed by atoms with Gasteiger partial charge in [0.2, 0.25) is 21.8 Å². The molecule has 0 saturated carbocycles. The van der Waals surface area contributed by atoms with Gasteiger partial charge in [-0.25, -0.2) is 8.42 Å². The van der Waals surface area contributed by atoms with Crippen LogP contribution in [0.3, 0.4) is 0 Å². The number of nitrogens with one attached hydrogen (secondary N) is 1. The monoisotopic (exact) mass is 529 g/mol. The van der Waals surface area contributed by atoms with Gasteiger partial charge in [-0.05, 0) is 50.8 Å². The molecule has 0 aliphatic rings. The van der Waals surface area contributed by atoms with Gasteiger partial charge in [0.25, 0.3) is 0 Å². The lowest BCUT2D eigenvalue weighted by Crippen LogP contribution is -2.54. The van der Waals surface area contributed by atoms with Gasteiger partial charge in [-0.1, -0.05) is 66.2 Å². The number of halogens is 1. The predicted octanol–water partition coefficient (Wildman–Crippen LogP) is 4.59. The maximum Gasteiger partial charge on any atom is 0.244 e. The molecule has 9 heteroatoms. The van der Waals surface area contributed by atoms with E-state index in [0.717, 1.165) is 15.9 Å². The number of hydrogen-bond acceptors (Lipinski definition) is 4. The minimum absolute atomic E-state index is 0.0460. The Balaban J connectivity index is 2.01. The van der Waals surface area contributed by atoms with E-state index >= 15 is 0 Å². The Labute approximate surface area is 218 Å². The summed E-state index contributed by atoms with van der Waals surface area (Å²) in [6.07, 6.45) is 1.07. The van der Waals surface area contributed by atoms with Gasteiger partial charge >= 0.3 is 0 Å². The lowest BCUT2D eigenvalue weighted by molar-refractivity contribution is -0.140. The summed E-state index contributed by atoms with van der Waals surface area (Å²) in [7, 11) is -3.83. The fraction of sp³-hybridized carbons (Fsp3) is 0.333. The van der Waals surface area contributed by atoms with E-state index in [1.165, 1.54) is 4.90 Å². The first kappa shape index (κ1) is 27.5. The van der Waals surface area contributed by atoms with Crippen molar-refractivity contribution >= 4 is 49.9 Å². The Kier molecular flexibility index (Phi) is 8.31. The smallest absolute Gasteiger partial charge is 0.244 e. The first-order valence-electron chi connectivity index (χ1n) is 11.6. The standard InChI is InChI=1S/C27H32ClN3O4S/c1-19(26(33)29-27(2,3)4)30(17-21-12-7-9-15-23(21)28)25(32)18-31(36(5,34)35)24-16-10-13-20-11-6-8-14-22(20)24/h6-16,19H,17-18H2,1-5H3,(H,29,33). The fourth-order valence-corrected chi connectivity index (χ4v) is 4.94. The second kappa shape index (κ2) is 10.9. The molecule has 3 rings (SSSR count). The molecular weight excluding hydrogens is 498 g/mol. The summed E-state index contributed by atoms with van der Waals surface area (Å²) in [6.45, 7) is 6.75. The number of carbonyl (C=O) groups is 2. The summed E-state index contributed by atoms with van der Waals surface area (Å²) in [5, 5.41) is 4.90. The topological polar surface area (TPSA) is 86.8 Å². The van der Waals surface area contributed by atoms with Crippen LogP contribution in [0.15, 0.2) is 66.7 Å². The van der Waals surface area contributed by atoms with Crippen LogP contribution in [-0.2, 0) is 26.2 Å². The first-order valence-corrected chi connectivity index (χ1v) is 13.8. The van der Waals surface area contributed by atoms with Gasteiger partial charge in [0.1, 0.15) is 12.6 Å². The van der Waals surface area contributed by atoms with Crippen LogP contribution in [0, 0.1) is 0 Å². The molecule has 3 aromatic rings. The van der Waals surface area contributed by atoms with Crippen molar-refractivity contribution in [2.75, 3.05) is 17.1 Å². The van der Waals surface area contributed by atoms with Crippen LogP contribution in [0.1, 0.15) is 33.3 Å². The molecule has 0 aliphatic heterocycles. The molecule has 0 heterocycles. The van der Waals surface area contributed by atoms with Crippen molar-refractivity contribution in [1.29, 1.82) is 0 Å². The summed E-state index contributed by atoms with van der Waals surface area (Å²) in [4.78, 5) is 28.1. The normalized spacial score (nSPS) is 12.7. The number of rotatable bonds is 8. The van der Waals surface area contributed by atoms with E-state index < -0.39 is 34.1 Å². The molecule has 0 saturated heterocycles. The Morgan fingerprint density at radius 1 is 0.972 bits per heavy atom. The maximum atomic E-state index is 13.7. The van der Waals surface area contributed by atoms with Gasteiger partial charge in [-0.3, -0.25) is 13.9 Å². The number of sulfonamides is 1. The number of carbonyl (C=O) groups excluding carboxylic acids is 2. The van der Waals surface area contributed by atoms with Gasteiger partial charge in [0.05, 0.1) is 11.9 Å². The van der Waals surface area contributed by atoms with Crippen LogP contribution in [-0.4, -0.2) is 49.5 Å². The molecule has 0 aliphatic carbocycles. The largest absolute Gasteiger partial charge is 0.350 e. The van der Waals surface area contributed by atoms with E-state index in [9.17, 15) is 18.0 Å². The van der Waals surface area contributed by atoms with Crippen molar-refractivity contribution in [3.8, 4) is 0 Å². The average Bonchev–Trinajstić information content (AvgIpc) is 2.79. The first-order chi connectivity index (χ1) is 16.8. The molecule has 36 heavy (non-hydrogen) atoms. The minimum atomic E-state index is -3.83. The zero-order valence-electron chi connectivity index (χ0n) is 21.2. The number of benzene rings is 3. The molecule has 1 unspecified atom stereocenters. The van der Waals surface area contributed by atoms with Crippen molar-refractivity contribution in [2.24, 2.45) is 0 Å². The Bertz CT molecular complexity index is 1360. The molecule has 7 nitrogen and oxygen atoms in total. The van der Waals surface area contributed by atoms with Crippen LogP contribution in [0.5, 0.6) is 0 Å². The Hall–Kier alpha value is -3.10. The van der Waals surface area contributed by atoms with E-state index in [0.29, 0.717) is 21.7 Å². The molecule has 3 aromatic carbocycles. The molecule has 0 spiro atoms. The highest BCUT2D eigenvalue weighted by molar-refractivity contribution is 7.92. The molecule has 2 amide bonds. The summed E-state index contributed by atoms with van der Waals surface area (Å²) in [6, 6.07) is 18.9. The second-order valence-corrected chi connectivity index (χ2v) is 12.1. The number of nitrogens with zero attached hydrogens (tertiary/aromatic N) is 2. The lowest BCUT2D eigenvalue weighted by Gasteiger charge is -2.33. The van der Waals surface area contributed by atoms with Crippen LogP contribution >= 0.6 is 11.6 Å². The molecule has 0 radical (unpaired) electrons. The number of fused-ring (bicyclic) bond motifs is 1. The summed E-state index contributed by atoms with van der Waals surface area (Å²) in [5.74, 6) is -0.871. The number of amides is 2.